The van der Waals surface area contributed by atoms with Crippen LogP contribution >= 0.6 is 0 Å². The van der Waals surface area contributed by atoms with Crippen molar-refractivity contribution in [2.45, 2.75) is 63.4 Å². The van der Waals surface area contributed by atoms with E-state index in [4.69, 9.17) is 5.73 Å². The summed E-state index contributed by atoms with van der Waals surface area (Å²) >= 11 is 0. The van der Waals surface area contributed by atoms with E-state index in [2.05, 4.69) is 0 Å². The minimum Gasteiger partial charge on any atom is -0.326 e. The second kappa shape index (κ2) is 6.90. The molecule has 0 atom stereocenters. The van der Waals surface area contributed by atoms with Crippen molar-refractivity contribution in [2.75, 3.05) is 6.54 Å². The van der Waals surface area contributed by atoms with Crippen molar-refractivity contribution in [2.24, 2.45) is 5.73 Å². The maximum absolute atomic E-state index is 13.1. The summed E-state index contributed by atoms with van der Waals surface area (Å²) in [4.78, 5) is 0.446. The van der Waals surface area contributed by atoms with Gasteiger partial charge in [0.2, 0.25) is 10.0 Å². The molecule has 0 spiro atoms. The Bertz CT molecular complexity index is 578. The summed E-state index contributed by atoms with van der Waals surface area (Å²) in [5.41, 5.74) is 7.42. The molecule has 0 saturated heterocycles. The quantitative estimate of drug-likeness (QED) is 0.878. The van der Waals surface area contributed by atoms with Crippen LogP contribution in [0.3, 0.4) is 0 Å². The largest absolute Gasteiger partial charge is 0.326 e. The topological polar surface area (TPSA) is 63.4 Å². The summed E-state index contributed by atoms with van der Waals surface area (Å²) in [5, 5.41) is 0. The van der Waals surface area contributed by atoms with Crippen molar-refractivity contribution in [3.63, 3.8) is 0 Å². The smallest absolute Gasteiger partial charge is 0.243 e. The summed E-state index contributed by atoms with van der Waals surface area (Å²) in [7, 11) is -3.43. The van der Waals surface area contributed by atoms with Crippen LogP contribution in [0.1, 0.15) is 50.7 Å². The molecule has 1 aromatic carbocycles. The van der Waals surface area contributed by atoms with E-state index < -0.39 is 10.0 Å². The molecule has 0 amide bonds. The van der Waals surface area contributed by atoms with Crippen molar-refractivity contribution in [3.8, 4) is 0 Å². The highest BCUT2D eigenvalue weighted by molar-refractivity contribution is 7.89. The van der Waals surface area contributed by atoms with Crippen molar-refractivity contribution in [1.82, 2.24) is 4.31 Å². The zero-order chi connectivity index (χ0) is 15.5. The molecular weight excluding hydrogens is 284 g/mol. The fourth-order valence-corrected chi connectivity index (χ4v) is 5.24. The van der Waals surface area contributed by atoms with Crippen LogP contribution in [-0.2, 0) is 23.0 Å². The molecule has 1 aliphatic rings. The monoisotopic (exact) mass is 310 g/mol. The van der Waals surface area contributed by atoms with E-state index >= 15 is 0 Å². The van der Waals surface area contributed by atoms with E-state index in [0.29, 0.717) is 24.4 Å². The van der Waals surface area contributed by atoms with Gasteiger partial charge >= 0.3 is 0 Å². The Morgan fingerprint density at radius 1 is 1.24 bits per heavy atom. The lowest BCUT2D eigenvalue weighted by Gasteiger charge is -2.28. The van der Waals surface area contributed by atoms with E-state index in [1.165, 1.54) is 0 Å². The minimum absolute atomic E-state index is 0.159. The van der Waals surface area contributed by atoms with Gasteiger partial charge in [-0.1, -0.05) is 38.8 Å². The summed E-state index contributed by atoms with van der Waals surface area (Å²) in [6.45, 7) is 4.81. The number of hydrogen-bond donors (Lipinski definition) is 1. The van der Waals surface area contributed by atoms with Gasteiger partial charge in [-0.05, 0) is 36.5 Å². The first-order valence-electron chi connectivity index (χ1n) is 7.88. The van der Waals surface area contributed by atoms with Crippen LogP contribution in [0.5, 0.6) is 0 Å². The molecule has 21 heavy (non-hydrogen) atoms. The molecule has 0 bridgehead atoms. The van der Waals surface area contributed by atoms with E-state index in [0.717, 1.165) is 36.8 Å². The van der Waals surface area contributed by atoms with Crippen molar-refractivity contribution in [3.05, 3.63) is 29.3 Å². The molecular formula is C16H26N2O2S. The molecule has 5 heteroatoms. The van der Waals surface area contributed by atoms with Crippen LogP contribution in [0.15, 0.2) is 23.1 Å². The summed E-state index contributed by atoms with van der Waals surface area (Å²) in [6.07, 6.45) is 4.91. The summed E-state index contributed by atoms with van der Waals surface area (Å²) < 4.78 is 27.9. The first-order chi connectivity index (χ1) is 10.0. The van der Waals surface area contributed by atoms with Gasteiger partial charge in [-0.3, -0.25) is 0 Å². The van der Waals surface area contributed by atoms with Gasteiger partial charge in [0.25, 0.3) is 0 Å². The predicted octanol–water partition coefficient (Wildman–Crippen LogP) is 2.66. The Kier molecular flexibility index (Phi) is 5.41. The molecule has 4 nitrogen and oxygen atoms in total. The summed E-state index contributed by atoms with van der Waals surface area (Å²) in [5.74, 6) is 0. The van der Waals surface area contributed by atoms with Crippen LogP contribution in [-0.4, -0.2) is 25.3 Å². The maximum Gasteiger partial charge on any atom is 0.243 e. The second-order valence-electron chi connectivity index (χ2n) is 5.65. The van der Waals surface area contributed by atoms with Crippen LogP contribution in [0.25, 0.3) is 0 Å². The molecule has 1 saturated carbocycles. The molecule has 0 unspecified atom stereocenters. The highest BCUT2D eigenvalue weighted by Crippen LogP contribution is 2.30. The van der Waals surface area contributed by atoms with Crippen LogP contribution < -0.4 is 5.73 Å². The van der Waals surface area contributed by atoms with Gasteiger partial charge in [-0.15, -0.1) is 0 Å². The molecule has 1 aliphatic carbocycles. The number of rotatable bonds is 6. The van der Waals surface area contributed by atoms with Crippen LogP contribution in [0.4, 0.5) is 0 Å². The number of benzene rings is 1. The van der Waals surface area contributed by atoms with Gasteiger partial charge in [-0.25, -0.2) is 8.42 Å². The highest BCUT2D eigenvalue weighted by Gasteiger charge is 2.33. The van der Waals surface area contributed by atoms with Gasteiger partial charge in [0.05, 0.1) is 4.90 Å². The number of hydrogen-bond acceptors (Lipinski definition) is 3. The lowest BCUT2D eigenvalue weighted by Crippen LogP contribution is -2.39. The number of nitrogens with zero attached hydrogens (tertiary/aromatic N) is 1. The van der Waals surface area contributed by atoms with Crippen molar-refractivity contribution >= 4 is 10.0 Å². The Morgan fingerprint density at radius 2 is 1.90 bits per heavy atom. The Hall–Kier alpha value is -0.910. The number of sulfonamides is 1. The number of aryl methyl sites for hydroxylation is 1. The highest BCUT2D eigenvalue weighted by atomic mass is 32.2. The maximum atomic E-state index is 13.1. The molecule has 0 aliphatic heterocycles. The van der Waals surface area contributed by atoms with Crippen LogP contribution in [0, 0.1) is 0 Å². The molecule has 0 aromatic heterocycles. The van der Waals surface area contributed by atoms with Crippen molar-refractivity contribution < 1.29 is 8.42 Å². The molecule has 1 fully saturated rings. The zero-order valence-corrected chi connectivity index (χ0v) is 13.8. The van der Waals surface area contributed by atoms with Gasteiger partial charge in [0.15, 0.2) is 0 Å². The fourth-order valence-electron chi connectivity index (χ4n) is 3.20. The molecule has 0 heterocycles. The zero-order valence-electron chi connectivity index (χ0n) is 13.0. The van der Waals surface area contributed by atoms with Gasteiger partial charge in [0.1, 0.15) is 0 Å². The minimum atomic E-state index is -3.43. The lowest BCUT2D eigenvalue weighted by molar-refractivity contribution is 0.335. The van der Waals surface area contributed by atoms with E-state index in [1.54, 1.807) is 10.4 Å². The van der Waals surface area contributed by atoms with Gasteiger partial charge in [-0.2, -0.15) is 4.31 Å². The fraction of sp³-hybridized carbons (Fsp3) is 0.625. The molecule has 1 aromatic rings. The van der Waals surface area contributed by atoms with Crippen molar-refractivity contribution in [1.29, 1.82) is 0 Å². The second-order valence-corrected chi connectivity index (χ2v) is 7.51. The average molecular weight is 310 g/mol. The third-order valence-corrected chi connectivity index (χ3v) is 6.49. The Balaban J connectivity index is 2.45. The SMILES string of the molecule is CCc1ccc(CN)cc1S(=O)(=O)N(CC)C1CCCC1. The number of nitrogens with two attached hydrogens (primary N) is 1. The van der Waals surface area contributed by atoms with E-state index in [1.807, 2.05) is 26.0 Å². The third kappa shape index (κ3) is 3.30. The lowest BCUT2D eigenvalue weighted by atomic mass is 10.1. The standard InChI is InChI=1S/C16H26N2O2S/c1-3-14-10-9-13(12-17)11-16(14)21(19,20)18(4-2)15-7-5-6-8-15/h9-11,15H,3-8,12,17H2,1-2H3. The normalized spacial score (nSPS) is 16.8. The first-order valence-corrected chi connectivity index (χ1v) is 9.32. The molecule has 2 N–H and O–H groups in total. The van der Waals surface area contributed by atoms with Gasteiger partial charge in [0, 0.05) is 19.1 Å². The average Bonchev–Trinajstić information content (AvgIpc) is 3.01. The van der Waals surface area contributed by atoms with E-state index in [9.17, 15) is 8.42 Å². The van der Waals surface area contributed by atoms with Gasteiger partial charge < -0.3 is 5.73 Å². The van der Waals surface area contributed by atoms with E-state index in [-0.39, 0.29) is 6.04 Å². The molecule has 118 valence electrons. The van der Waals surface area contributed by atoms with Crippen LogP contribution in [0.2, 0.25) is 0 Å². The third-order valence-electron chi connectivity index (χ3n) is 4.38. The summed E-state index contributed by atoms with van der Waals surface area (Å²) in [6, 6.07) is 5.73. The molecule has 0 radical (unpaired) electrons. The molecule has 2 rings (SSSR count). The Labute approximate surface area is 128 Å². The predicted molar refractivity (Wildman–Crippen MR) is 85.5 cm³/mol. The Morgan fingerprint density at radius 3 is 2.43 bits per heavy atom. The first kappa shape index (κ1) is 16.5.